The van der Waals surface area contributed by atoms with Crippen molar-refractivity contribution in [1.82, 2.24) is 10.2 Å². The summed E-state index contributed by atoms with van der Waals surface area (Å²) in [5.41, 5.74) is 0.0476. The number of anilines is 1. The van der Waals surface area contributed by atoms with E-state index in [0.717, 1.165) is 13.1 Å². The van der Waals surface area contributed by atoms with E-state index in [1.807, 2.05) is 19.0 Å². The van der Waals surface area contributed by atoms with Crippen LogP contribution in [0.2, 0.25) is 0 Å². The number of benzene rings is 1. The highest BCUT2D eigenvalue weighted by molar-refractivity contribution is 5.52. The largest absolute Gasteiger partial charge is 0.492 e. The highest BCUT2D eigenvalue weighted by Gasteiger charge is 2.20. The molecule has 0 radical (unpaired) electrons. The van der Waals surface area contributed by atoms with Crippen LogP contribution in [0.15, 0.2) is 12.1 Å². The molecule has 112 valence electrons. The van der Waals surface area contributed by atoms with Crippen LogP contribution in [0.4, 0.5) is 14.5 Å². The van der Waals surface area contributed by atoms with Gasteiger partial charge in [-0.25, -0.2) is 8.78 Å². The maximum Gasteiger partial charge on any atom is 0.153 e. The van der Waals surface area contributed by atoms with E-state index in [2.05, 4.69) is 5.32 Å². The summed E-state index contributed by atoms with van der Waals surface area (Å²) in [6.45, 7) is 3.78. The number of hydrogen-bond donors (Lipinski definition) is 1. The molecule has 1 aromatic carbocycles. The first-order valence-corrected chi connectivity index (χ1v) is 6.80. The molecule has 1 N–H and O–H groups in total. The average molecular weight is 285 g/mol. The van der Waals surface area contributed by atoms with E-state index in [-0.39, 0.29) is 11.4 Å². The van der Waals surface area contributed by atoms with E-state index in [0.29, 0.717) is 26.2 Å². The molecule has 0 bridgehead atoms. The fourth-order valence-electron chi connectivity index (χ4n) is 2.16. The second-order valence-electron chi connectivity index (χ2n) is 5.12. The minimum atomic E-state index is -0.563. The van der Waals surface area contributed by atoms with Gasteiger partial charge in [0.05, 0.1) is 0 Å². The van der Waals surface area contributed by atoms with E-state index in [1.165, 1.54) is 12.1 Å². The Morgan fingerprint density at radius 3 is 2.35 bits per heavy atom. The van der Waals surface area contributed by atoms with Crippen molar-refractivity contribution in [2.45, 2.75) is 0 Å². The summed E-state index contributed by atoms with van der Waals surface area (Å²) < 4.78 is 33.5. The topological polar surface area (TPSA) is 27.7 Å². The molecule has 1 saturated heterocycles. The first-order chi connectivity index (χ1) is 9.58. The van der Waals surface area contributed by atoms with Crippen molar-refractivity contribution in [3.05, 3.63) is 23.8 Å². The highest BCUT2D eigenvalue weighted by Crippen LogP contribution is 2.28. The number of likely N-dealkylation sites (N-methyl/N-ethyl adjacent to an activating group) is 1. The molecule has 0 amide bonds. The third kappa shape index (κ3) is 3.80. The number of nitrogens with zero attached hydrogens (tertiary/aromatic N) is 2. The van der Waals surface area contributed by atoms with Gasteiger partial charge in [-0.05, 0) is 14.1 Å². The zero-order valence-corrected chi connectivity index (χ0v) is 12.0. The first kappa shape index (κ1) is 15.0. The van der Waals surface area contributed by atoms with E-state index in [4.69, 9.17) is 4.74 Å². The number of hydrogen-bond acceptors (Lipinski definition) is 4. The van der Waals surface area contributed by atoms with Gasteiger partial charge in [-0.15, -0.1) is 0 Å². The number of ether oxygens (including phenoxy) is 1. The van der Waals surface area contributed by atoms with Crippen LogP contribution < -0.4 is 15.0 Å². The van der Waals surface area contributed by atoms with Crippen LogP contribution in [-0.4, -0.2) is 58.3 Å². The lowest BCUT2D eigenvalue weighted by atomic mass is 10.2. The minimum Gasteiger partial charge on any atom is -0.492 e. The average Bonchev–Trinajstić information content (AvgIpc) is 2.38. The van der Waals surface area contributed by atoms with Gasteiger partial charge in [0.15, 0.2) is 11.6 Å². The number of rotatable bonds is 5. The molecule has 0 unspecified atom stereocenters. The van der Waals surface area contributed by atoms with Crippen LogP contribution in [0.1, 0.15) is 0 Å². The minimum absolute atomic E-state index is 0.0476. The molecule has 0 saturated carbocycles. The van der Waals surface area contributed by atoms with Crippen LogP contribution >= 0.6 is 0 Å². The summed E-state index contributed by atoms with van der Waals surface area (Å²) in [5, 5.41) is 3.16. The van der Waals surface area contributed by atoms with Gasteiger partial charge in [-0.2, -0.15) is 0 Å². The smallest absolute Gasteiger partial charge is 0.153 e. The standard InChI is InChI=1S/C14H21F2N3O/c1-18(2)7-8-20-11-9-12(15)14(13(16)10-11)19-5-3-17-4-6-19/h9-10,17H,3-8H2,1-2H3. The van der Waals surface area contributed by atoms with Crippen molar-refractivity contribution in [3.63, 3.8) is 0 Å². The van der Waals surface area contributed by atoms with Crippen molar-refractivity contribution in [2.24, 2.45) is 0 Å². The van der Waals surface area contributed by atoms with Gasteiger partial charge in [-0.1, -0.05) is 0 Å². The third-order valence-corrected chi connectivity index (χ3v) is 3.23. The molecular formula is C14H21F2N3O. The molecule has 0 aliphatic carbocycles. The number of nitrogens with one attached hydrogen (secondary N) is 1. The lowest BCUT2D eigenvalue weighted by molar-refractivity contribution is 0.259. The summed E-state index contributed by atoms with van der Waals surface area (Å²) in [5.74, 6) is -0.890. The van der Waals surface area contributed by atoms with E-state index < -0.39 is 11.6 Å². The molecule has 1 aromatic rings. The third-order valence-electron chi connectivity index (χ3n) is 3.23. The van der Waals surface area contributed by atoms with Gasteiger partial charge in [0, 0.05) is 44.9 Å². The predicted molar refractivity (Wildman–Crippen MR) is 75.5 cm³/mol. The van der Waals surface area contributed by atoms with Gasteiger partial charge < -0.3 is 19.9 Å². The Morgan fingerprint density at radius 1 is 1.20 bits per heavy atom. The van der Waals surface area contributed by atoms with Crippen molar-refractivity contribution < 1.29 is 13.5 Å². The summed E-state index contributed by atoms with van der Waals surface area (Å²) in [6.07, 6.45) is 0. The molecule has 0 atom stereocenters. The Morgan fingerprint density at radius 2 is 1.80 bits per heavy atom. The number of piperazine rings is 1. The van der Waals surface area contributed by atoms with Crippen LogP contribution in [0, 0.1) is 11.6 Å². The van der Waals surface area contributed by atoms with E-state index in [1.54, 1.807) is 4.90 Å². The molecule has 1 heterocycles. The molecule has 4 nitrogen and oxygen atoms in total. The lowest BCUT2D eigenvalue weighted by Crippen LogP contribution is -2.44. The monoisotopic (exact) mass is 285 g/mol. The number of halogens is 2. The normalized spacial score (nSPS) is 15.8. The molecule has 20 heavy (non-hydrogen) atoms. The molecule has 6 heteroatoms. The molecular weight excluding hydrogens is 264 g/mol. The fraction of sp³-hybridized carbons (Fsp3) is 0.571. The quantitative estimate of drug-likeness (QED) is 0.883. The summed E-state index contributed by atoms with van der Waals surface area (Å²) in [4.78, 5) is 3.67. The highest BCUT2D eigenvalue weighted by atomic mass is 19.1. The molecule has 0 spiro atoms. The van der Waals surface area contributed by atoms with Crippen LogP contribution in [0.3, 0.4) is 0 Å². The van der Waals surface area contributed by atoms with Gasteiger partial charge in [0.2, 0.25) is 0 Å². The Balaban J connectivity index is 2.07. The molecule has 0 aromatic heterocycles. The Bertz CT molecular complexity index is 425. The SMILES string of the molecule is CN(C)CCOc1cc(F)c(N2CCNCC2)c(F)c1. The van der Waals surface area contributed by atoms with Gasteiger partial charge in [-0.3, -0.25) is 0 Å². The van der Waals surface area contributed by atoms with E-state index in [9.17, 15) is 8.78 Å². The van der Waals surface area contributed by atoms with E-state index >= 15 is 0 Å². The second-order valence-corrected chi connectivity index (χ2v) is 5.12. The van der Waals surface area contributed by atoms with Crippen molar-refractivity contribution in [1.29, 1.82) is 0 Å². The Kier molecular flexibility index (Phi) is 5.14. The van der Waals surface area contributed by atoms with Gasteiger partial charge in [0.1, 0.15) is 18.0 Å². The van der Waals surface area contributed by atoms with Crippen LogP contribution in [0.25, 0.3) is 0 Å². The fourth-order valence-corrected chi connectivity index (χ4v) is 2.16. The summed E-state index contributed by atoms with van der Waals surface area (Å²) in [7, 11) is 3.83. The lowest BCUT2D eigenvalue weighted by Gasteiger charge is -2.30. The zero-order valence-electron chi connectivity index (χ0n) is 12.0. The maximum atomic E-state index is 14.1. The maximum absolute atomic E-state index is 14.1. The first-order valence-electron chi connectivity index (χ1n) is 6.80. The van der Waals surface area contributed by atoms with Crippen LogP contribution in [0.5, 0.6) is 5.75 Å². The molecule has 1 fully saturated rings. The van der Waals surface area contributed by atoms with Crippen LogP contribution in [-0.2, 0) is 0 Å². The predicted octanol–water partition coefficient (Wildman–Crippen LogP) is 1.31. The van der Waals surface area contributed by atoms with Crippen molar-refractivity contribution in [3.8, 4) is 5.75 Å². The zero-order chi connectivity index (χ0) is 14.5. The van der Waals surface area contributed by atoms with Gasteiger partial charge >= 0.3 is 0 Å². The van der Waals surface area contributed by atoms with Crippen molar-refractivity contribution in [2.75, 3.05) is 58.3 Å². The molecule has 1 aliphatic heterocycles. The van der Waals surface area contributed by atoms with Gasteiger partial charge in [0.25, 0.3) is 0 Å². The second kappa shape index (κ2) is 6.85. The summed E-state index contributed by atoms with van der Waals surface area (Å²) >= 11 is 0. The van der Waals surface area contributed by atoms with Crippen molar-refractivity contribution >= 4 is 5.69 Å². The summed E-state index contributed by atoms with van der Waals surface area (Å²) in [6, 6.07) is 2.52. The Hall–Kier alpha value is -1.40. The Labute approximate surface area is 118 Å². The molecule has 2 rings (SSSR count). The molecule has 1 aliphatic rings.